The van der Waals surface area contributed by atoms with Crippen LogP contribution in [0.15, 0.2) is 18.2 Å². The summed E-state index contributed by atoms with van der Waals surface area (Å²) < 4.78 is 24.6. The SMILES string of the molecule is Cl.Nc1ccc2c(c1)CCCC2NC(=O)CS(=O)(=O)C1CCCC1. The molecule has 0 aromatic heterocycles. The van der Waals surface area contributed by atoms with Gasteiger partial charge in [0.05, 0.1) is 11.3 Å². The van der Waals surface area contributed by atoms with Gasteiger partial charge in [0.25, 0.3) is 0 Å². The summed E-state index contributed by atoms with van der Waals surface area (Å²) in [5.74, 6) is -0.773. The quantitative estimate of drug-likeness (QED) is 0.795. The van der Waals surface area contributed by atoms with E-state index in [1.165, 1.54) is 0 Å². The van der Waals surface area contributed by atoms with Gasteiger partial charge in [-0.3, -0.25) is 4.79 Å². The van der Waals surface area contributed by atoms with Crippen LogP contribution in [-0.2, 0) is 21.1 Å². The van der Waals surface area contributed by atoms with E-state index < -0.39 is 15.6 Å². The number of anilines is 1. The highest BCUT2D eigenvalue weighted by molar-refractivity contribution is 7.92. The van der Waals surface area contributed by atoms with E-state index >= 15 is 0 Å². The van der Waals surface area contributed by atoms with E-state index in [-0.39, 0.29) is 29.6 Å². The van der Waals surface area contributed by atoms with Gasteiger partial charge in [-0.15, -0.1) is 12.4 Å². The van der Waals surface area contributed by atoms with Gasteiger partial charge in [-0.25, -0.2) is 8.42 Å². The average molecular weight is 373 g/mol. The van der Waals surface area contributed by atoms with Gasteiger partial charge in [-0.1, -0.05) is 18.9 Å². The van der Waals surface area contributed by atoms with E-state index in [1.54, 1.807) is 0 Å². The first-order chi connectivity index (χ1) is 11.0. The molecule has 1 aromatic carbocycles. The molecule has 1 saturated carbocycles. The lowest BCUT2D eigenvalue weighted by atomic mass is 9.87. The number of nitrogen functional groups attached to an aromatic ring is 1. The van der Waals surface area contributed by atoms with Crippen molar-refractivity contribution >= 4 is 33.8 Å². The van der Waals surface area contributed by atoms with Crippen LogP contribution in [0, 0.1) is 0 Å². The van der Waals surface area contributed by atoms with Gasteiger partial charge in [0.2, 0.25) is 5.91 Å². The summed E-state index contributed by atoms with van der Waals surface area (Å²) >= 11 is 0. The molecular weight excluding hydrogens is 348 g/mol. The monoisotopic (exact) mass is 372 g/mol. The summed E-state index contributed by atoms with van der Waals surface area (Å²) in [5, 5.41) is 2.59. The van der Waals surface area contributed by atoms with Crippen molar-refractivity contribution < 1.29 is 13.2 Å². The second-order valence-electron chi connectivity index (χ2n) is 6.68. The lowest BCUT2D eigenvalue weighted by Gasteiger charge is -2.27. The van der Waals surface area contributed by atoms with Gasteiger partial charge in [-0.05, 0) is 55.4 Å². The smallest absolute Gasteiger partial charge is 0.235 e. The Balaban J connectivity index is 0.00000208. The van der Waals surface area contributed by atoms with E-state index in [0.717, 1.165) is 48.9 Å². The number of carbonyl (C=O) groups is 1. The topological polar surface area (TPSA) is 89.3 Å². The first-order valence-corrected chi connectivity index (χ1v) is 10.1. The molecule has 7 heteroatoms. The van der Waals surface area contributed by atoms with Crippen LogP contribution in [0.25, 0.3) is 0 Å². The number of amides is 1. The molecule has 0 bridgehead atoms. The van der Waals surface area contributed by atoms with Crippen molar-refractivity contribution in [3.63, 3.8) is 0 Å². The number of benzene rings is 1. The summed E-state index contributed by atoms with van der Waals surface area (Å²) in [4.78, 5) is 12.2. The Bertz CT molecular complexity index is 700. The lowest BCUT2D eigenvalue weighted by molar-refractivity contribution is -0.119. The van der Waals surface area contributed by atoms with Crippen LogP contribution in [0.1, 0.15) is 55.7 Å². The van der Waals surface area contributed by atoms with Gasteiger partial charge < -0.3 is 11.1 Å². The molecule has 5 nitrogen and oxygen atoms in total. The maximum absolute atomic E-state index is 12.3. The Kier molecular flexibility index (Phi) is 6.15. The predicted molar refractivity (Wildman–Crippen MR) is 98.0 cm³/mol. The Labute approximate surface area is 149 Å². The molecule has 0 spiro atoms. The van der Waals surface area contributed by atoms with E-state index in [9.17, 15) is 13.2 Å². The highest BCUT2D eigenvalue weighted by Crippen LogP contribution is 2.31. The Morgan fingerprint density at radius 2 is 1.88 bits per heavy atom. The molecule has 1 aromatic rings. The predicted octanol–water partition coefficient (Wildman–Crippen LogP) is 2.54. The minimum Gasteiger partial charge on any atom is -0.399 e. The molecule has 1 amide bonds. The van der Waals surface area contributed by atoms with Crippen LogP contribution in [0.3, 0.4) is 0 Å². The zero-order chi connectivity index (χ0) is 16.4. The van der Waals surface area contributed by atoms with Gasteiger partial charge in [0.1, 0.15) is 5.75 Å². The van der Waals surface area contributed by atoms with Crippen molar-refractivity contribution in [1.82, 2.24) is 5.32 Å². The largest absolute Gasteiger partial charge is 0.399 e. The number of aryl methyl sites for hydroxylation is 1. The molecule has 3 rings (SSSR count). The zero-order valence-corrected chi connectivity index (χ0v) is 15.3. The maximum Gasteiger partial charge on any atom is 0.235 e. The van der Waals surface area contributed by atoms with Crippen LogP contribution in [0.5, 0.6) is 0 Å². The minimum atomic E-state index is -3.33. The van der Waals surface area contributed by atoms with Gasteiger partial charge in [0, 0.05) is 5.69 Å². The third-order valence-electron chi connectivity index (χ3n) is 4.96. The molecule has 0 radical (unpaired) electrons. The first kappa shape index (κ1) is 19.1. The number of fused-ring (bicyclic) bond motifs is 1. The number of hydrogen-bond acceptors (Lipinski definition) is 4. The van der Waals surface area contributed by atoms with E-state index in [4.69, 9.17) is 5.73 Å². The number of nitrogens with one attached hydrogen (secondary N) is 1. The van der Waals surface area contributed by atoms with Gasteiger partial charge in [-0.2, -0.15) is 0 Å². The van der Waals surface area contributed by atoms with Crippen LogP contribution in [-0.4, -0.2) is 25.3 Å². The molecule has 2 aliphatic carbocycles. The Hall–Kier alpha value is -1.27. The van der Waals surface area contributed by atoms with Crippen LogP contribution in [0.4, 0.5) is 5.69 Å². The summed E-state index contributed by atoms with van der Waals surface area (Å²) in [7, 11) is -3.33. The van der Waals surface area contributed by atoms with Gasteiger partial charge in [0.15, 0.2) is 9.84 Å². The zero-order valence-electron chi connectivity index (χ0n) is 13.7. The molecule has 2 aliphatic rings. The summed E-state index contributed by atoms with van der Waals surface area (Å²) in [5.41, 5.74) is 8.76. The van der Waals surface area contributed by atoms with Crippen molar-refractivity contribution in [3.05, 3.63) is 29.3 Å². The van der Waals surface area contributed by atoms with Crippen molar-refractivity contribution in [2.45, 2.75) is 56.2 Å². The first-order valence-electron chi connectivity index (χ1n) is 8.35. The van der Waals surface area contributed by atoms with E-state index in [2.05, 4.69) is 5.32 Å². The fraction of sp³-hybridized carbons (Fsp3) is 0.588. The molecule has 0 heterocycles. The molecule has 1 atom stereocenters. The van der Waals surface area contributed by atoms with E-state index in [1.807, 2.05) is 18.2 Å². The minimum absolute atomic E-state index is 0. The second kappa shape index (κ2) is 7.74. The van der Waals surface area contributed by atoms with Crippen LogP contribution < -0.4 is 11.1 Å². The van der Waals surface area contributed by atoms with Crippen LogP contribution in [0.2, 0.25) is 0 Å². The molecule has 3 N–H and O–H groups in total. The molecule has 134 valence electrons. The highest BCUT2D eigenvalue weighted by Gasteiger charge is 2.31. The van der Waals surface area contributed by atoms with Crippen molar-refractivity contribution in [3.8, 4) is 0 Å². The Morgan fingerprint density at radius 3 is 2.58 bits per heavy atom. The number of hydrogen-bond donors (Lipinski definition) is 2. The van der Waals surface area contributed by atoms with Crippen LogP contribution >= 0.6 is 12.4 Å². The van der Waals surface area contributed by atoms with Gasteiger partial charge >= 0.3 is 0 Å². The molecule has 24 heavy (non-hydrogen) atoms. The number of sulfone groups is 1. The van der Waals surface area contributed by atoms with Crippen molar-refractivity contribution in [2.24, 2.45) is 0 Å². The molecule has 0 aliphatic heterocycles. The molecule has 1 fully saturated rings. The Morgan fingerprint density at radius 1 is 1.17 bits per heavy atom. The van der Waals surface area contributed by atoms with Crippen molar-refractivity contribution in [1.29, 1.82) is 0 Å². The highest BCUT2D eigenvalue weighted by atomic mass is 35.5. The molecular formula is C17H25ClN2O3S. The molecule has 1 unspecified atom stereocenters. The van der Waals surface area contributed by atoms with E-state index in [0.29, 0.717) is 12.8 Å². The second-order valence-corrected chi connectivity index (χ2v) is 8.97. The number of nitrogens with two attached hydrogens (primary N) is 1. The molecule has 0 saturated heterocycles. The fourth-order valence-corrected chi connectivity index (χ4v) is 5.50. The third-order valence-corrected chi connectivity index (χ3v) is 7.11. The summed E-state index contributed by atoms with van der Waals surface area (Å²) in [6.45, 7) is 0. The maximum atomic E-state index is 12.3. The number of carbonyl (C=O) groups excluding carboxylic acids is 1. The standard InChI is InChI=1S/C17H24N2O3S.ClH/c18-13-8-9-15-12(10-13)4-3-7-16(15)19-17(20)11-23(21,22)14-5-1-2-6-14;/h8-10,14,16H,1-7,11,18H2,(H,19,20);1H. The number of halogens is 1. The lowest BCUT2D eigenvalue weighted by Crippen LogP contribution is -2.37. The summed E-state index contributed by atoms with van der Waals surface area (Å²) in [6.07, 6.45) is 6.05. The normalized spacial score (nSPS) is 20.9. The number of rotatable bonds is 4. The fourth-order valence-electron chi connectivity index (χ4n) is 3.77. The summed E-state index contributed by atoms with van der Waals surface area (Å²) in [6, 6.07) is 5.62. The van der Waals surface area contributed by atoms with Crippen molar-refractivity contribution in [2.75, 3.05) is 11.5 Å². The average Bonchev–Trinajstić information content (AvgIpc) is 3.01. The third kappa shape index (κ3) is 4.22.